The summed E-state index contributed by atoms with van der Waals surface area (Å²) in [5, 5.41) is 27.5. The number of nitrogen functional groups attached to an aromatic ring is 1. The lowest BCUT2D eigenvalue weighted by molar-refractivity contribution is -0.152. The van der Waals surface area contributed by atoms with Crippen molar-refractivity contribution in [2.45, 2.75) is 51.4 Å². The zero-order chi connectivity index (χ0) is 21.6. The normalized spacial score (nSPS) is 25.0. The van der Waals surface area contributed by atoms with E-state index < -0.39 is 48.2 Å². The Balaban J connectivity index is 0.000000892. The van der Waals surface area contributed by atoms with Gasteiger partial charge in [0.15, 0.2) is 6.23 Å². The van der Waals surface area contributed by atoms with E-state index in [4.69, 9.17) is 30.8 Å². The fourth-order valence-corrected chi connectivity index (χ4v) is 2.25. The van der Waals surface area contributed by atoms with Gasteiger partial charge in [-0.15, -0.1) is 0 Å². The number of carboxylic acids is 1. The van der Waals surface area contributed by atoms with E-state index in [1.165, 1.54) is 12.3 Å². The lowest BCUT2D eigenvalue weighted by Gasteiger charge is -2.18. The molecule has 0 radical (unpaired) electrons. The van der Waals surface area contributed by atoms with Crippen molar-refractivity contribution in [2.24, 2.45) is 11.7 Å². The number of hydrogen-bond acceptors (Lipinski definition) is 10. The average molecular weight is 402 g/mol. The summed E-state index contributed by atoms with van der Waals surface area (Å²) >= 11 is 0. The van der Waals surface area contributed by atoms with Crippen molar-refractivity contribution in [3.63, 3.8) is 0 Å². The molecule has 1 aliphatic rings. The third-order valence-corrected chi connectivity index (χ3v) is 3.84. The molecule has 28 heavy (non-hydrogen) atoms. The van der Waals surface area contributed by atoms with Crippen molar-refractivity contribution in [3.05, 3.63) is 22.7 Å². The third-order valence-electron chi connectivity index (χ3n) is 3.84. The quantitative estimate of drug-likeness (QED) is 0.343. The molecule has 0 aromatic carbocycles. The van der Waals surface area contributed by atoms with Gasteiger partial charge in [-0.05, 0) is 12.0 Å². The van der Waals surface area contributed by atoms with Crippen molar-refractivity contribution in [2.75, 3.05) is 12.3 Å². The van der Waals surface area contributed by atoms with Crippen LogP contribution in [0.25, 0.3) is 0 Å². The molecule has 2 rings (SSSR count). The molecule has 1 aliphatic heterocycles. The Morgan fingerprint density at radius 3 is 2.43 bits per heavy atom. The second kappa shape index (κ2) is 10.1. The number of anilines is 1. The van der Waals surface area contributed by atoms with Gasteiger partial charge >= 0.3 is 11.7 Å². The fraction of sp³-hybridized carbons (Fsp3) is 0.625. The molecule has 1 aromatic rings. The maximum absolute atomic E-state index is 11.8. The van der Waals surface area contributed by atoms with E-state index in [2.05, 4.69) is 4.98 Å². The van der Waals surface area contributed by atoms with Crippen LogP contribution in [0.1, 0.15) is 27.0 Å². The zero-order valence-corrected chi connectivity index (χ0v) is 15.8. The van der Waals surface area contributed by atoms with Crippen molar-refractivity contribution in [1.82, 2.24) is 9.55 Å². The van der Waals surface area contributed by atoms with Crippen molar-refractivity contribution >= 4 is 17.8 Å². The Hall–Kier alpha value is -2.54. The van der Waals surface area contributed by atoms with Crippen LogP contribution in [0.3, 0.4) is 0 Å². The van der Waals surface area contributed by atoms with Gasteiger partial charge in [0.1, 0.15) is 36.8 Å². The molecule has 0 saturated carbocycles. The number of aliphatic hydroxyl groups excluding tert-OH is 2. The molecule has 1 aromatic heterocycles. The number of rotatable bonds is 5. The van der Waals surface area contributed by atoms with Gasteiger partial charge in [0.2, 0.25) is 0 Å². The number of aliphatic carboxylic acids is 1. The van der Waals surface area contributed by atoms with E-state index in [1.54, 1.807) is 13.8 Å². The van der Waals surface area contributed by atoms with E-state index in [1.807, 2.05) is 0 Å². The van der Waals surface area contributed by atoms with Gasteiger partial charge in [-0.3, -0.25) is 14.2 Å². The minimum Gasteiger partial charge on any atom is -0.481 e. The van der Waals surface area contributed by atoms with Gasteiger partial charge in [-0.1, -0.05) is 13.8 Å². The largest absolute Gasteiger partial charge is 0.481 e. The molecule has 158 valence electrons. The fourth-order valence-electron chi connectivity index (χ4n) is 2.25. The lowest BCUT2D eigenvalue weighted by atomic mass is 10.1. The third kappa shape index (κ3) is 6.27. The number of nitrogens with zero attached hydrogens (tertiary/aromatic N) is 2. The first-order valence-electron chi connectivity index (χ1n) is 8.43. The predicted octanol–water partition coefficient (Wildman–Crippen LogP) is -1.94. The molecule has 5 atom stereocenters. The molecule has 0 spiro atoms. The Bertz CT molecular complexity index is 734. The zero-order valence-electron chi connectivity index (χ0n) is 15.8. The highest BCUT2D eigenvalue weighted by Gasteiger charge is 2.44. The van der Waals surface area contributed by atoms with E-state index >= 15 is 0 Å². The summed E-state index contributed by atoms with van der Waals surface area (Å²) < 4.78 is 11.5. The minimum absolute atomic E-state index is 0.0254. The molecular formula is C16H26N4O8. The van der Waals surface area contributed by atoms with Crippen LogP contribution >= 0.6 is 0 Å². The highest BCUT2D eigenvalue weighted by atomic mass is 16.6. The second-order valence-corrected chi connectivity index (χ2v) is 6.51. The summed E-state index contributed by atoms with van der Waals surface area (Å²) in [6, 6.07) is 0.562. The standard InChI is InChI=1S/C14H22N4O6.C2H4O2/c1-6(2)9(16)13(21)23-5-7-10(19)11(20)12(24-7)18-4-3-8(15)17-14(18)22;1-2(3)4/h3-4,6-7,9-12,19-20H,5,16H2,1-2H3,(H2,15,17,22);1H3,(H,3,4)/t7-,9+,10-,11+,12-;/m1./s1. The van der Waals surface area contributed by atoms with Crippen molar-refractivity contribution in [3.8, 4) is 0 Å². The predicted molar refractivity (Wildman–Crippen MR) is 95.9 cm³/mol. The van der Waals surface area contributed by atoms with Crippen LogP contribution in [0.2, 0.25) is 0 Å². The monoisotopic (exact) mass is 402 g/mol. The minimum atomic E-state index is -1.39. The number of aliphatic hydroxyl groups is 2. The summed E-state index contributed by atoms with van der Waals surface area (Å²) in [4.78, 5) is 36.1. The Morgan fingerprint density at radius 2 is 1.93 bits per heavy atom. The maximum Gasteiger partial charge on any atom is 0.351 e. The summed E-state index contributed by atoms with van der Waals surface area (Å²) in [7, 11) is 0. The van der Waals surface area contributed by atoms with Crippen molar-refractivity contribution < 1.29 is 34.4 Å². The van der Waals surface area contributed by atoms with E-state index in [-0.39, 0.29) is 18.3 Å². The molecule has 0 amide bonds. The highest BCUT2D eigenvalue weighted by Crippen LogP contribution is 2.28. The Morgan fingerprint density at radius 1 is 1.36 bits per heavy atom. The Labute approximate surface area is 160 Å². The van der Waals surface area contributed by atoms with Gasteiger partial charge in [-0.2, -0.15) is 4.98 Å². The SMILES string of the molecule is CC(=O)O.CC(C)[C@H](N)C(=O)OC[C@H]1O[C@@H](n2ccc(N)nc2=O)[C@@H](O)[C@@H]1O. The summed E-state index contributed by atoms with van der Waals surface area (Å²) in [5.41, 5.74) is 10.3. The molecule has 2 heterocycles. The van der Waals surface area contributed by atoms with Crippen LogP contribution in [0, 0.1) is 5.92 Å². The number of carbonyl (C=O) groups is 2. The molecule has 1 saturated heterocycles. The molecule has 0 bridgehead atoms. The maximum atomic E-state index is 11.8. The molecule has 1 fully saturated rings. The van der Waals surface area contributed by atoms with Crippen LogP contribution in [-0.2, 0) is 19.1 Å². The van der Waals surface area contributed by atoms with Crippen LogP contribution < -0.4 is 17.2 Å². The van der Waals surface area contributed by atoms with E-state index in [0.29, 0.717) is 0 Å². The van der Waals surface area contributed by atoms with Gasteiger partial charge in [0.05, 0.1) is 0 Å². The number of aromatic nitrogens is 2. The smallest absolute Gasteiger partial charge is 0.351 e. The molecule has 0 aliphatic carbocycles. The first-order valence-corrected chi connectivity index (χ1v) is 8.43. The Kier molecular flexibility index (Phi) is 8.50. The lowest BCUT2D eigenvalue weighted by Crippen LogP contribution is -2.40. The topological polar surface area (TPSA) is 200 Å². The van der Waals surface area contributed by atoms with Crippen LogP contribution in [0.15, 0.2) is 17.1 Å². The van der Waals surface area contributed by atoms with E-state index in [9.17, 15) is 19.8 Å². The summed E-state index contributed by atoms with van der Waals surface area (Å²) in [6.45, 7) is 4.32. The highest BCUT2D eigenvalue weighted by molar-refractivity contribution is 5.75. The van der Waals surface area contributed by atoms with Gasteiger partial charge in [0, 0.05) is 13.1 Å². The first kappa shape index (κ1) is 23.5. The number of carbonyl (C=O) groups excluding carboxylic acids is 1. The number of ether oxygens (including phenoxy) is 2. The number of carboxylic acid groups (broad SMARTS) is 1. The molecule has 12 heteroatoms. The average Bonchev–Trinajstić information content (AvgIpc) is 2.86. The molecule has 7 N–H and O–H groups in total. The van der Waals surface area contributed by atoms with Gasteiger partial charge in [0.25, 0.3) is 5.97 Å². The molecule has 0 unspecified atom stereocenters. The first-order chi connectivity index (χ1) is 13.0. The van der Waals surface area contributed by atoms with Crippen LogP contribution in [0.4, 0.5) is 5.82 Å². The molecular weight excluding hydrogens is 376 g/mol. The molecule has 12 nitrogen and oxygen atoms in total. The van der Waals surface area contributed by atoms with Gasteiger partial charge < -0.3 is 36.3 Å². The number of esters is 1. The van der Waals surface area contributed by atoms with Gasteiger partial charge in [-0.25, -0.2) is 4.79 Å². The van der Waals surface area contributed by atoms with Crippen molar-refractivity contribution in [1.29, 1.82) is 0 Å². The van der Waals surface area contributed by atoms with Crippen LogP contribution in [0.5, 0.6) is 0 Å². The van der Waals surface area contributed by atoms with Crippen LogP contribution in [-0.4, -0.2) is 67.8 Å². The summed E-state index contributed by atoms with van der Waals surface area (Å²) in [5.74, 6) is -1.55. The second-order valence-electron chi connectivity index (χ2n) is 6.51. The summed E-state index contributed by atoms with van der Waals surface area (Å²) in [6.07, 6.45) is -3.60. The number of hydrogen-bond donors (Lipinski definition) is 5. The number of nitrogens with two attached hydrogens (primary N) is 2. The van der Waals surface area contributed by atoms with E-state index in [0.717, 1.165) is 11.5 Å².